The molecule has 196 valence electrons. The molecule has 1 aromatic heterocycles. The van der Waals surface area contributed by atoms with E-state index in [2.05, 4.69) is 20.8 Å². The number of non-ortho nitro benzene ring substituents is 1. The molecule has 0 fully saturated rings. The number of carbonyl (C=O) groups excluding carboxylic acids is 1. The highest BCUT2D eigenvalue weighted by Gasteiger charge is 2.30. The summed E-state index contributed by atoms with van der Waals surface area (Å²) in [6.07, 6.45) is -4.46. The summed E-state index contributed by atoms with van der Waals surface area (Å²) >= 11 is 1.12. The molecule has 1 heterocycles. The maximum atomic E-state index is 13.1. The minimum Gasteiger partial charge on any atom is -0.378 e. The van der Waals surface area contributed by atoms with Gasteiger partial charge in [0.2, 0.25) is 5.91 Å². The largest absolute Gasteiger partial charge is 0.416 e. The van der Waals surface area contributed by atoms with Gasteiger partial charge in [0.15, 0.2) is 11.0 Å². The van der Waals surface area contributed by atoms with Crippen LogP contribution >= 0.6 is 11.8 Å². The van der Waals surface area contributed by atoms with Crippen LogP contribution in [0.15, 0.2) is 78.0 Å². The molecule has 0 bridgehead atoms. The molecule has 3 aromatic carbocycles. The smallest absolute Gasteiger partial charge is 0.378 e. The number of nitro groups is 1. The van der Waals surface area contributed by atoms with Crippen LogP contribution in [0.4, 0.5) is 30.2 Å². The van der Waals surface area contributed by atoms with E-state index < -0.39 is 16.7 Å². The summed E-state index contributed by atoms with van der Waals surface area (Å²) in [5.41, 5.74) is 1.15. The molecule has 0 saturated carbocycles. The molecule has 0 aliphatic carbocycles. The Kier molecular flexibility index (Phi) is 7.96. The third kappa shape index (κ3) is 6.48. The van der Waals surface area contributed by atoms with Crippen molar-refractivity contribution >= 4 is 34.7 Å². The molecular weight excluding hydrogens is 521 g/mol. The van der Waals surface area contributed by atoms with E-state index in [0.717, 1.165) is 23.9 Å². The molecule has 9 nitrogen and oxygen atoms in total. The number of benzene rings is 3. The number of carbonyl (C=O) groups is 1. The van der Waals surface area contributed by atoms with Gasteiger partial charge in [-0.05, 0) is 48.9 Å². The van der Waals surface area contributed by atoms with E-state index in [0.29, 0.717) is 27.9 Å². The third-order valence-electron chi connectivity index (χ3n) is 5.38. The topological polar surface area (TPSA) is 115 Å². The number of anilines is 2. The highest BCUT2D eigenvalue weighted by Crippen LogP contribution is 2.31. The lowest BCUT2D eigenvalue weighted by Crippen LogP contribution is -2.15. The van der Waals surface area contributed by atoms with Gasteiger partial charge in [-0.3, -0.25) is 19.5 Å². The molecule has 0 unspecified atom stereocenters. The van der Waals surface area contributed by atoms with E-state index in [1.807, 2.05) is 30.3 Å². The highest BCUT2D eigenvalue weighted by atomic mass is 32.2. The molecule has 4 aromatic rings. The molecule has 0 spiro atoms. The van der Waals surface area contributed by atoms with Crippen LogP contribution in [0.3, 0.4) is 0 Å². The average Bonchev–Trinajstić information content (AvgIpc) is 3.30. The summed E-state index contributed by atoms with van der Waals surface area (Å²) in [5, 5.41) is 25.4. The zero-order valence-corrected chi connectivity index (χ0v) is 20.7. The molecule has 1 amide bonds. The SMILES string of the molecule is Cc1cc([N+](=O)[O-])ccc1NC(=O)CSc1nnc(CNc2cccc(C(F)(F)F)c2)n1-c1ccccc1. The quantitative estimate of drug-likeness (QED) is 0.155. The molecule has 0 aliphatic heterocycles. The van der Waals surface area contributed by atoms with Gasteiger partial charge in [0.05, 0.1) is 22.8 Å². The lowest BCUT2D eigenvalue weighted by Gasteiger charge is -2.13. The standard InChI is InChI=1S/C25H21F3N6O3S/c1-16-12-20(34(36)37)10-11-21(16)30-23(35)15-38-24-32-31-22(33(24)19-8-3-2-4-9-19)14-29-18-7-5-6-17(13-18)25(26,27)28/h2-13,29H,14-15H2,1H3,(H,30,35). The molecule has 2 N–H and O–H groups in total. The van der Waals surface area contributed by atoms with Crippen molar-refractivity contribution in [1.82, 2.24) is 14.8 Å². The van der Waals surface area contributed by atoms with Crippen LogP contribution in [-0.4, -0.2) is 31.3 Å². The zero-order chi connectivity index (χ0) is 27.3. The van der Waals surface area contributed by atoms with E-state index in [-0.39, 0.29) is 29.6 Å². The van der Waals surface area contributed by atoms with E-state index in [1.54, 1.807) is 11.5 Å². The van der Waals surface area contributed by atoms with Crippen molar-refractivity contribution in [2.24, 2.45) is 0 Å². The number of hydrogen-bond acceptors (Lipinski definition) is 7. The number of rotatable bonds is 9. The van der Waals surface area contributed by atoms with Crippen molar-refractivity contribution in [2.75, 3.05) is 16.4 Å². The number of hydrogen-bond donors (Lipinski definition) is 2. The van der Waals surface area contributed by atoms with Gasteiger partial charge < -0.3 is 10.6 Å². The number of aryl methyl sites for hydroxylation is 1. The molecular formula is C25H21F3N6O3S. The summed E-state index contributed by atoms with van der Waals surface area (Å²) in [7, 11) is 0. The molecule has 0 saturated heterocycles. The van der Waals surface area contributed by atoms with Gasteiger partial charge in [0.1, 0.15) is 0 Å². The van der Waals surface area contributed by atoms with Gasteiger partial charge in [-0.25, -0.2) is 0 Å². The average molecular weight is 543 g/mol. The number of aromatic nitrogens is 3. The summed E-state index contributed by atoms with van der Waals surface area (Å²) in [6.45, 7) is 1.74. The number of nitrogens with zero attached hydrogens (tertiary/aromatic N) is 4. The summed E-state index contributed by atoms with van der Waals surface area (Å²) in [5.74, 6) is 0.0589. The van der Waals surface area contributed by atoms with Gasteiger partial charge in [-0.1, -0.05) is 36.0 Å². The van der Waals surface area contributed by atoms with Crippen LogP contribution in [0.25, 0.3) is 5.69 Å². The number of alkyl halides is 3. The summed E-state index contributed by atoms with van der Waals surface area (Å²) < 4.78 is 40.9. The van der Waals surface area contributed by atoms with Gasteiger partial charge in [-0.15, -0.1) is 10.2 Å². The van der Waals surface area contributed by atoms with Crippen LogP contribution in [0, 0.1) is 17.0 Å². The van der Waals surface area contributed by atoms with Crippen molar-refractivity contribution in [3.8, 4) is 5.69 Å². The zero-order valence-electron chi connectivity index (χ0n) is 19.9. The van der Waals surface area contributed by atoms with Gasteiger partial charge in [0, 0.05) is 29.2 Å². The fourth-order valence-corrected chi connectivity index (χ4v) is 4.32. The molecule has 38 heavy (non-hydrogen) atoms. The maximum Gasteiger partial charge on any atom is 0.416 e. The van der Waals surface area contributed by atoms with Crippen LogP contribution in [0.2, 0.25) is 0 Å². The van der Waals surface area contributed by atoms with E-state index in [9.17, 15) is 28.1 Å². The lowest BCUT2D eigenvalue weighted by molar-refractivity contribution is -0.384. The summed E-state index contributed by atoms with van der Waals surface area (Å²) in [6, 6.07) is 18.1. The first-order chi connectivity index (χ1) is 18.1. The molecule has 4 rings (SSSR count). The van der Waals surface area contributed by atoms with Crippen molar-refractivity contribution in [3.63, 3.8) is 0 Å². The molecule has 0 aliphatic rings. The Labute approximate surface area is 219 Å². The van der Waals surface area contributed by atoms with Crippen molar-refractivity contribution in [2.45, 2.75) is 24.8 Å². The first-order valence-electron chi connectivity index (χ1n) is 11.2. The number of halogens is 3. The predicted molar refractivity (Wildman–Crippen MR) is 137 cm³/mol. The van der Waals surface area contributed by atoms with Gasteiger partial charge in [-0.2, -0.15) is 13.2 Å². The maximum absolute atomic E-state index is 13.1. The van der Waals surface area contributed by atoms with Crippen LogP contribution < -0.4 is 10.6 Å². The number of thioether (sulfide) groups is 1. The normalized spacial score (nSPS) is 11.3. The second-order valence-corrected chi connectivity index (χ2v) is 9.04. The monoisotopic (exact) mass is 542 g/mol. The minimum atomic E-state index is -4.46. The Morgan fingerprint density at radius 3 is 2.50 bits per heavy atom. The van der Waals surface area contributed by atoms with Crippen LogP contribution in [-0.2, 0) is 17.5 Å². The van der Waals surface area contributed by atoms with E-state index in [4.69, 9.17) is 0 Å². The number of nitrogens with one attached hydrogen (secondary N) is 2. The Hall–Kier alpha value is -4.39. The Morgan fingerprint density at radius 2 is 1.82 bits per heavy atom. The Bertz CT molecular complexity index is 1460. The van der Waals surface area contributed by atoms with E-state index in [1.165, 1.54) is 30.3 Å². The van der Waals surface area contributed by atoms with Crippen molar-refractivity contribution in [1.29, 1.82) is 0 Å². The number of para-hydroxylation sites is 1. The van der Waals surface area contributed by atoms with E-state index >= 15 is 0 Å². The molecule has 0 radical (unpaired) electrons. The second-order valence-electron chi connectivity index (χ2n) is 8.10. The van der Waals surface area contributed by atoms with Crippen LogP contribution in [0.1, 0.15) is 17.0 Å². The van der Waals surface area contributed by atoms with Crippen LogP contribution in [0.5, 0.6) is 0 Å². The fourth-order valence-electron chi connectivity index (χ4n) is 3.55. The Balaban J connectivity index is 1.49. The second kappa shape index (κ2) is 11.3. The summed E-state index contributed by atoms with van der Waals surface area (Å²) in [4.78, 5) is 23.0. The third-order valence-corrected chi connectivity index (χ3v) is 6.31. The highest BCUT2D eigenvalue weighted by molar-refractivity contribution is 7.99. The number of nitro benzene ring substituents is 1. The minimum absolute atomic E-state index is 0.0253. The van der Waals surface area contributed by atoms with Crippen molar-refractivity contribution in [3.05, 3.63) is 99.9 Å². The van der Waals surface area contributed by atoms with Crippen molar-refractivity contribution < 1.29 is 22.9 Å². The first-order valence-corrected chi connectivity index (χ1v) is 12.2. The van der Waals surface area contributed by atoms with Gasteiger partial charge >= 0.3 is 6.18 Å². The van der Waals surface area contributed by atoms with Gasteiger partial charge in [0.25, 0.3) is 5.69 Å². The number of amides is 1. The molecule has 13 heteroatoms. The Morgan fingerprint density at radius 1 is 1.05 bits per heavy atom. The first kappa shape index (κ1) is 26.7. The predicted octanol–water partition coefficient (Wildman–Crippen LogP) is 5.85. The fraction of sp³-hybridized carbons (Fsp3) is 0.160. The molecule has 0 atom stereocenters. The lowest BCUT2D eigenvalue weighted by atomic mass is 10.2.